The standard InChI is InChI=1S/C24H29F2N3O4/c1-15(2)9-20(29-5-7-33-8-6-29)14-27-24(32)21-4-3-19(13-22(21)30)28-23(31)16-10-17(25)12-18(26)11-16/h3-4,10-13,15,20,30H,5-9,14H2,1-2H3,(H,27,32)(H,28,31). The lowest BCUT2D eigenvalue weighted by Gasteiger charge is -2.35. The van der Waals surface area contributed by atoms with Crippen molar-refractivity contribution in [1.82, 2.24) is 10.2 Å². The highest BCUT2D eigenvalue weighted by molar-refractivity contribution is 6.05. The van der Waals surface area contributed by atoms with Crippen LogP contribution in [0.15, 0.2) is 36.4 Å². The molecule has 1 aliphatic rings. The summed E-state index contributed by atoms with van der Waals surface area (Å²) in [7, 11) is 0. The molecule has 3 rings (SSSR count). The molecule has 33 heavy (non-hydrogen) atoms. The lowest BCUT2D eigenvalue weighted by atomic mass is 10.0. The molecule has 1 heterocycles. The van der Waals surface area contributed by atoms with Gasteiger partial charge in [0.15, 0.2) is 0 Å². The normalized spacial score (nSPS) is 15.3. The van der Waals surface area contributed by atoms with Crippen LogP contribution >= 0.6 is 0 Å². The van der Waals surface area contributed by atoms with Gasteiger partial charge in [0, 0.05) is 49.1 Å². The number of aromatic hydroxyl groups is 1. The average molecular weight is 462 g/mol. The Kier molecular flexibility index (Phi) is 8.35. The van der Waals surface area contributed by atoms with Crippen LogP contribution in [0.2, 0.25) is 0 Å². The van der Waals surface area contributed by atoms with Gasteiger partial charge < -0.3 is 20.5 Å². The van der Waals surface area contributed by atoms with Gasteiger partial charge in [-0.05, 0) is 36.6 Å². The molecule has 1 saturated heterocycles. The number of hydrogen-bond acceptors (Lipinski definition) is 5. The van der Waals surface area contributed by atoms with E-state index in [1.54, 1.807) is 0 Å². The number of amides is 2. The number of hydrogen-bond donors (Lipinski definition) is 3. The number of carbonyl (C=O) groups excluding carboxylic acids is 2. The maximum Gasteiger partial charge on any atom is 0.255 e. The number of nitrogens with zero attached hydrogens (tertiary/aromatic N) is 1. The highest BCUT2D eigenvalue weighted by Gasteiger charge is 2.23. The third-order valence-electron chi connectivity index (χ3n) is 5.43. The van der Waals surface area contributed by atoms with Gasteiger partial charge in [-0.3, -0.25) is 14.5 Å². The van der Waals surface area contributed by atoms with Crippen LogP contribution in [0.4, 0.5) is 14.5 Å². The number of carbonyl (C=O) groups is 2. The first-order valence-electron chi connectivity index (χ1n) is 10.9. The Morgan fingerprint density at radius 3 is 2.33 bits per heavy atom. The third kappa shape index (κ3) is 6.97. The number of rotatable bonds is 8. The molecule has 0 aliphatic carbocycles. The zero-order valence-corrected chi connectivity index (χ0v) is 18.7. The Morgan fingerprint density at radius 1 is 1.06 bits per heavy atom. The number of anilines is 1. The fourth-order valence-corrected chi connectivity index (χ4v) is 3.84. The molecule has 1 aliphatic heterocycles. The molecule has 0 bridgehead atoms. The first-order chi connectivity index (χ1) is 15.7. The largest absolute Gasteiger partial charge is 0.507 e. The minimum Gasteiger partial charge on any atom is -0.507 e. The van der Waals surface area contributed by atoms with Crippen LogP contribution in [0.1, 0.15) is 41.0 Å². The molecule has 2 aromatic rings. The van der Waals surface area contributed by atoms with Gasteiger partial charge in [-0.15, -0.1) is 0 Å². The number of halogens is 2. The summed E-state index contributed by atoms with van der Waals surface area (Å²) in [5, 5.41) is 15.7. The summed E-state index contributed by atoms with van der Waals surface area (Å²) in [5.74, 6) is -2.78. The Bertz CT molecular complexity index is 973. The fourth-order valence-electron chi connectivity index (χ4n) is 3.84. The molecule has 0 saturated carbocycles. The van der Waals surface area contributed by atoms with Crippen molar-refractivity contribution >= 4 is 17.5 Å². The Labute approximate surface area is 191 Å². The Hall–Kier alpha value is -3.04. The van der Waals surface area contributed by atoms with Crippen molar-refractivity contribution in [3.05, 3.63) is 59.2 Å². The number of phenolic OH excluding ortho intramolecular Hbond substituents is 1. The minimum absolute atomic E-state index is 0.0649. The lowest BCUT2D eigenvalue weighted by molar-refractivity contribution is 0.0124. The van der Waals surface area contributed by atoms with Crippen molar-refractivity contribution in [2.45, 2.75) is 26.3 Å². The Balaban J connectivity index is 1.63. The molecule has 0 aromatic heterocycles. The van der Waals surface area contributed by atoms with Crippen LogP contribution in [-0.2, 0) is 4.74 Å². The monoisotopic (exact) mass is 461 g/mol. The fraction of sp³-hybridized carbons (Fsp3) is 0.417. The first kappa shape index (κ1) is 24.6. The van der Waals surface area contributed by atoms with E-state index >= 15 is 0 Å². The van der Waals surface area contributed by atoms with E-state index in [1.807, 2.05) is 0 Å². The van der Waals surface area contributed by atoms with E-state index in [1.165, 1.54) is 18.2 Å². The van der Waals surface area contributed by atoms with Crippen molar-refractivity contribution in [1.29, 1.82) is 0 Å². The molecule has 2 aromatic carbocycles. The van der Waals surface area contributed by atoms with Crippen LogP contribution in [0.5, 0.6) is 5.75 Å². The van der Waals surface area contributed by atoms with E-state index in [2.05, 4.69) is 29.4 Å². The summed E-state index contributed by atoms with van der Waals surface area (Å²) >= 11 is 0. The smallest absolute Gasteiger partial charge is 0.255 e. The van der Waals surface area contributed by atoms with Gasteiger partial charge in [0.1, 0.15) is 17.4 Å². The molecule has 1 unspecified atom stereocenters. The van der Waals surface area contributed by atoms with E-state index in [9.17, 15) is 23.5 Å². The van der Waals surface area contributed by atoms with Gasteiger partial charge in [-0.1, -0.05) is 13.8 Å². The molecule has 3 N–H and O–H groups in total. The molecule has 9 heteroatoms. The summed E-state index contributed by atoms with van der Waals surface area (Å²) in [4.78, 5) is 27.2. The van der Waals surface area contributed by atoms with Crippen molar-refractivity contribution in [3.8, 4) is 5.75 Å². The van der Waals surface area contributed by atoms with Crippen LogP contribution in [0, 0.1) is 17.6 Å². The van der Waals surface area contributed by atoms with E-state index in [0.717, 1.165) is 31.6 Å². The summed E-state index contributed by atoms with van der Waals surface area (Å²) < 4.78 is 32.1. The van der Waals surface area contributed by atoms with Crippen LogP contribution in [-0.4, -0.2) is 60.7 Å². The molecule has 2 amide bonds. The van der Waals surface area contributed by atoms with Gasteiger partial charge in [-0.2, -0.15) is 0 Å². The number of nitrogens with one attached hydrogen (secondary N) is 2. The molecule has 1 fully saturated rings. The molecule has 1 atom stereocenters. The lowest BCUT2D eigenvalue weighted by Crippen LogP contribution is -2.49. The average Bonchev–Trinajstić information content (AvgIpc) is 2.76. The van der Waals surface area contributed by atoms with Crippen LogP contribution < -0.4 is 10.6 Å². The highest BCUT2D eigenvalue weighted by Crippen LogP contribution is 2.23. The maximum atomic E-state index is 13.3. The van der Waals surface area contributed by atoms with E-state index < -0.39 is 23.4 Å². The zero-order chi connectivity index (χ0) is 24.0. The molecular formula is C24H29F2N3O4. The summed E-state index contributed by atoms with van der Waals surface area (Å²) in [6, 6.07) is 6.68. The van der Waals surface area contributed by atoms with Crippen molar-refractivity contribution in [3.63, 3.8) is 0 Å². The van der Waals surface area contributed by atoms with Crippen molar-refractivity contribution in [2.24, 2.45) is 5.92 Å². The number of benzene rings is 2. The second-order valence-corrected chi connectivity index (χ2v) is 8.49. The first-order valence-corrected chi connectivity index (χ1v) is 10.9. The van der Waals surface area contributed by atoms with Crippen LogP contribution in [0.25, 0.3) is 0 Å². The van der Waals surface area contributed by atoms with Gasteiger partial charge in [-0.25, -0.2) is 8.78 Å². The summed E-state index contributed by atoms with van der Waals surface area (Å²) in [6.45, 7) is 7.64. The molecule has 178 valence electrons. The molecule has 7 nitrogen and oxygen atoms in total. The SMILES string of the molecule is CC(C)CC(CNC(=O)c1ccc(NC(=O)c2cc(F)cc(F)c2)cc1O)N1CCOCC1. The molecule has 0 radical (unpaired) electrons. The third-order valence-corrected chi connectivity index (χ3v) is 5.43. The van der Waals surface area contributed by atoms with Gasteiger partial charge in [0.2, 0.25) is 0 Å². The maximum absolute atomic E-state index is 13.3. The van der Waals surface area contributed by atoms with Gasteiger partial charge in [0.05, 0.1) is 18.8 Å². The second-order valence-electron chi connectivity index (χ2n) is 8.49. The minimum atomic E-state index is -0.872. The summed E-state index contributed by atoms with van der Waals surface area (Å²) in [5.41, 5.74) is 0.0490. The van der Waals surface area contributed by atoms with Crippen molar-refractivity contribution < 1.29 is 28.2 Å². The topological polar surface area (TPSA) is 90.9 Å². The van der Waals surface area contributed by atoms with E-state index in [0.29, 0.717) is 31.7 Å². The Morgan fingerprint density at radius 2 is 1.73 bits per heavy atom. The zero-order valence-electron chi connectivity index (χ0n) is 18.7. The van der Waals surface area contributed by atoms with E-state index in [4.69, 9.17) is 4.74 Å². The second kappa shape index (κ2) is 11.2. The highest BCUT2D eigenvalue weighted by atomic mass is 19.1. The summed E-state index contributed by atoms with van der Waals surface area (Å²) in [6.07, 6.45) is 0.915. The predicted molar refractivity (Wildman–Crippen MR) is 120 cm³/mol. The quantitative estimate of drug-likeness (QED) is 0.561. The van der Waals surface area contributed by atoms with E-state index in [-0.39, 0.29) is 28.6 Å². The number of phenols is 1. The molecule has 0 spiro atoms. The number of ether oxygens (including phenoxy) is 1. The van der Waals surface area contributed by atoms with Gasteiger partial charge in [0.25, 0.3) is 11.8 Å². The number of morpholine rings is 1. The molecular weight excluding hydrogens is 432 g/mol. The predicted octanol–water partition coefficient (Wildman–Crippen LogP) is 3.40. The van der Waals surface area contributed by atoms with Crippen molar-refractivity contribution in [2.75, 3.05) is 38.2 Å². The van der Waals surface area contributed by atoms with Gasteiger partial charge >= 0.3 is 0 Å². The van der Waals surface area contributed by atoms with Crippen LogP contribution in [0.3, 0.4) is 0 Å².